The number of carbonyl (C=O) groups is 2. The number of aromatic hydroxyl groups is 1. The van der Waals surface area contributed by atoms with Crippen molar-refractivity contribution in [3.8, 4) is 5.75 Å². The Kier molecular flexibility index (Phi) is 5.08. The van der Waals surface area contributed by atoms with Crippen LogP contribution in [0.5, 0.6) is 5.75 Å². The van der Waals surface area contributed by atoms with Crippen LogP contribution in [0.4, 0.5) is 11.4 Å². The van der Waals surface area contributed by atoms with Crippen LogP contribution in [0.25, 0.3) is 0 Å². The molecule has 0 saturated heterocycles. The highest BCUT2D eigenvalue weighted by Crippen LogP contribution is 2.35. The molecule has 0 aromatic heterocycles. The summed E-state index contributed by atoms with van der Waals surface area (Å²) in [4.78, 5) is 23.3. The van der Waals surface area contributed by atoms with Gasteiger partial charge >= 0.3 is 11.9 Å². The van der Waals surface area contributed by atoms with Gasteiger partial charge < -0.3 is 14.9 Å². The van der Waals surface area contributed by atoms with Crippen molar-refractivity contribution < 1.29 is 24.5 Å². The number of carbonyl (C=O) groups excluding carboxylic acids is 1. The fourth-order valence-electron chi connectivity index (χ4n) is 2.02. The smallest absolute Gasteiger partial charge is 0.340 e. The number of esters is 1. The summed E-state index contributed by atoms with van der Waals surface area (Å²) >= 11 is 6.25. The van der Waals surface area contributed by atoms with E-state index in [4.69, 9.17) is 16.5 Å². The van der Waals surface area contributed by atoms with Gasteiger partial charge in [0.15, 0.2) is 0 Å². The third kappa shape index (κ3) is 3.54. The number of halogens is 1. The van der Waals surface area contributed by atoms with Crippen molar-refractivity contribution in [2.24, 2.45) is 0 Å². The van der Waals surface area contributed by atoms with Crippen LogP contribution in [-0.4, -0.2) is 28.8 Å². The highest BCUT2D eigenvalue weighted by molar-refractivity contribution is 6.31. The lowest BCUT2D eigenvalue weighted by Crippen LogP contribution is -2.14. The minimum Gasteiger partial charge on any atom is -0.508 e. The van der Waals surface area contributed by atoms with E-state index in [9.17, 15) is 19.8 Å². The van der Waals surface area contributed by atoms with Gasteiger partial charge in [0.2, 0.25) is 0 Å². The second-order valence-electron chi connectivity index (χ2n) is 4.53. The molecule has 120 valence electrons. The average Bonchev–Trinajstić information content (AvgIpc) is 2.54. The Hall–Kier alpha value is -2.73. The molecule has 6 nitrogen and oxygen atoms in total. The first-order valence-corrected chi connectivity index (χ1v) is 7.08. The molecule has 0 atom stereocenters. The molecular weight excluding hydrogens is 322 g/mol. The molecule has 23 heavy (non-hydrogen) atoms. The second-order valence-corrected chi connectivity index (χ2v) is 4.86. The molecule has 0 heterocycles. The SMILES string of the molecule is CCOC(=O)c1ccc(O)cc1N(Cl)c1ccccc1C(=O)O. The summed E-state index contributed by atoms with van der Waals surface area (Å²) < 4.78 is 5.96. The van der Waals surface area contributed by atoms with E-state index in [1.54, 1.807) is 19.1 Å². The molecule has 0 aliphatic heterocycles. The minimum atomic E-state index is -1.16. The monoisotopic (exact) mass is 335 g/mol. The molecule has 2 rings (SSSR count). The molecule has 0 aliphatic rings. The van der Waals surface area contributed by atoms with Crippen LogP contribution in [0.3, 0.4) is 0 Å². The van der Waals surface area contributed by atoms with E-state index in [1.165, 1.54) is 30.3 Å². The number of para-hydroxylation sites is 1. The van der Waals surface area contributed by atoms with Gasteiger partial charge in [-0.1, -0.05) is 12.1 Å². The Balaban J connectivity index is 2.55. The van der Waals surface area contributed by atoms with Gasteiger partial charge in [0.25, 0.3) is 0 Å². The number of rotatable bonds is 5. The lowest BCUT2D eigenvalue weighted by molar-refractivity contribution is 0.0527. The number of phenols is 1. The molecule has 0 spiro atoms. The van der Waals surface area contributed by atoms with Gasteiger partial charge in [-0.25, -0.2) is 9.59 Å². The summed E-state index contributed by atoms with van der Waals surface area (Å²) in [7, 11) is 0. The molecule has 0 fully saturated rings. The normalized spacial score (nSPS) is 10.2. The number of anilines is 2. The zero-order valence-electron chi connectivity index (χ0n) is 12.2. The number of ether oxygens (including phenoxy) is 1. The van der Waals surface area contributed by atoms with Crippen LogP contribution < -0.4 is 4.42 Å². The summed E-state index contributed by atoms with van der Waals surface area (Å²) in [5.74, 6) is -1.91. The fraction of sp³-hybridized carbons (Fsp3) is 0.125. The molecule has 2 aromatic carbocycles. The Morgan fingerprint density at radius 2 is 1.83 bits per heavy atom. The van der Waals surface area contributed by atoms with Crippen molar-refractivity contribution >= 4 is 35.1 Å². The Bertz CT molecular complexity index is 747. The van der Waals surface area contributed by atoms with Gasteiger partial charge in [0.1, 0.15) is 5.75 Å². The summed E-state index contributed by atoms with van der Waals surface area (Å²) in [6.45, 7) is 1.84. The average molecular weight is 336 g/mol. The number of hydrogen-bond acceptors (Lipinski definition) is 5. The molecule has 0 amide bonds. The van der Waals surface area contributed by atoms with Crippen LogP contribution in [-0.2, 0) is 4.74 Å². The number of benzene rings is 2. The number of carboxylic acids is 1. The highest BCUT2D eigenvalue weighted by Gasteiger charge is 2.22. The van der Waals surface area contributed by atoms with Gasteiger partial charge in [-0.05, 0) is 31.2 Å². The van der Waals surface area contributed by atoms with Crippen LogP contribution in [0.2, 0.25) is 0 Å². The van der Waals surface area contributed by atoms with Crippen LogP contribution >= 0.6 is 11.8 Å². The molecule has 2 aromatic rings. The Morgan fingerprint density at radius 3 is 2.48 bits per heavy atom. The van der Waals surface area contributed by atoms with Gasteiger partial charge in [-0.15, -0.1) is 0 Å². The number of nitrogens with zero attached hydrogens (tertiary/aromatic N) is 1. The highest BCUT2D eigenvalue weighted by atomic mass is 35.5. The predicted octanol–water partition coefficient (Wildman–Crippen LogP) is 3.56. The maximum absolute atomic E-state index is 12.0. The van der Waals surface area contributed by atoms with E-state index in [1.807, 2.05) is 0 Å². The van der Waals surface area contributed by atoms with Gasteiger partial charge in [-0.2, -0.15) is 0 Å². The standard InChI is InChI=1S/C16H14ClNO5/c1-2-23-16(22)12-8-7-10(19)9-14(12)18(17)13-6-4-3-5-11(13)15(20)21/h3-9,19H,2H2,1H3,(H,20,21). The molecule has 0 bridgehead atoms. The summed E-state index contributed by atoms with van der Waals surface area (Å²) in [6, 6.07) is 10.0. The largest absolute Gasteiger partial charge is 0.508 e. The predicted molar refractivity (Wildman–Crippen MR) is 85.5 cm³/mol. The van der Waals surface area contributed by atoms with E-state index in [0.717, 1.165) is 4.42 Å². The van der Waals surface area contributed by atoms with E-state index >= 15 is 0 Å². The van der Waals surface area contributed by atoms with E-state index in [-0.39, 0.29) is 34.9 Å². The van der Waals surface area contributed by atoms with Gasteiger partial charge in [0, 0.05) is 17.8 Å². The van der Waals surface area contributed by atoms with Gasteiger partial charge in [-0.3, -0.25) is 4.42 Å². The number of carboxylic acid groups (broad SMARTS) is 1. The lowest BCUT2D eigenvalue weighted by atomic mass is 10.1. The van der Waals surface area contributed by atoms with E-state index in [0.29, 0.717) is 0 Å². The summed E-state index contributed by atoms with van der Waals surface area (Å²) in [5.41, 5.74) is 0.358. The number of hydrogen-bond donors (Lipinski definition) is 2. The topological polar surface area (TPSA) is 87.1 Å². The van der Waals surface area contributed by atoms with Crippen molar-refractivity contribution in [1.29, 1.82) is 0 Å². The summed E-state index contributed by atoms with van der Waals surface area (Å²) in [6.07, 6.45) is 0. The van der Waals surface area contributed by atoms with Crippen molar-refractivity contribution in [1.82, 2.24) is 0 Å². The lowest BCUT2D eigenvalue weighted by Gasteiger charge is -2.20. The van der Waals surface area contributed by atoms with Gasteiger partial charge in [0.05, 0.1) is 29.1 Å². The fourth-order valence-corrected chi connectivity index (χ4v) is 2.31. The first-order chi connectivity index (χ1) is 11.0. The van der Waals surface area contributed by atoms with Crippen molar-refractivity contribution in [3.63, 3.8) is 0 Å². The number of phenolic OH excluding ortho intramolecular Hbond substituents is 1. The third-order valence-corrected chi connectivity index (χ3v) is 3.40. The van der Waals surface area contributed by atoms with Crippen molar-refractivity contribution in [2.45, 2.75) is 6.92 Å². The Labute approximate surface area is 137 Å². The van der Waals surface area contributed by atoms with Crippen LogP contribution in [0, 0.1) is 0 Å². The molecular formula is C16H14ClNO5. The zero-order chi connectivity index (χ0) is 17.0. The first kappa shape index (κ1) is 16.6. The van der Waals surface area contributed by atoms with Crippen molar-refractivity contribution in [3.05, 3.63) is 53.6 Å². The van der Waals surface area contributed by atoms with Crippen molar-refractivity contribution in [2.75, 3.05) is 11.0 Å². The van der Waals surface area contributed by atoms with Crippen LogP contribution in [0.1, 0.15) is 27.6 Å². The maximum atomic E-state index is 12.0. The molecule has 2 N–H and O–H groups in total. The minimum absolute atomic E-state index is 0.0411. The molecule has 0 saturated carbocycles. The maximum Gasteiger partial charge on any atom is 0.340 e. The third-order valence-electron chi connectivity index (χ3n) is 3.03. The molecule has 0 aliphatic carbocycles. The molecule has 7 heteroatoms. The molecule has 0 radical (unpaired) electrons. The Morgan fingerprint density at radius 1 is 1.13 bits per heavy atom. The van der Waals surface area contributed by atoms with E-state index in [2.05, 4.69) is 0 Å². The molecule has 0 unspecified atom stereocenters. The number of aromatic carboxylic acids is 1. The summed E-state index contributed by atoms with van der Waals surface area (Å²) in [5, 5.41) is 18.9. The van der Waals surface area contributed by atoms with Crippen LogP contribution in [0.15, 0.2) is 42.5 Å². The zero-order valence-corrected chi connectivity index (χ0v) is 12.9. The van der Waals surface area contributed by atoms with E-state index < -0.39 is 11.9 Å². The quantitative estimate of drug-likeness (QED) is 0.641. The second kappa shape index (κ2) is 7.02. The first-order valence-electron chi connectivity index (χ1n) is 6.74.